The maximum Gasteiger partial charge on any atom is 0.216 e. The van der Waals surface area contributed by atoms with E-state index < -0.39 is 0 Å². The van der Waals surface area contributed by atoms with Crippen molar-refractivity contribution in [3.8, 4) is 5.88 Å². The zero-order valence-electron chi connectivity index (χ0n) is 8.29. The molecule has 0 aliphatic rings. The van der Waals surface area contributed by atoms with Crippen molar-refractivity contribution >= 4 is 0 Å². The predicted molar refractivity (Wildman–Crippen MR) is 51.0 cm³/mol. The molecule has 72 valence electrons. The lowest BCUT2D eigenvalue weighted by atomic mass is 10.2. The molecule has 0 fully saturated rings. The Labute approximate surface area is 78.4 Å². The van der Waals surface area contributed by atoms with Crippen molar-refractivity contribution in [3.05, 3.63) is 22.9 Å². The lowest BCUT2D eigenvalue weighted by molar-refractivity contribution is 0.195. The minimum Gasteiger partial charge on any atom is -0.475 e. The highest BCUT2D eigenvalue weighted by molar-refractivity contribution is 5.32. The predicted octanol–water partition coefficient (Wildman–Crippen LogP) is 1.38. The molecule has 13 heavy (non-hydrogen) atoms. The Hall–Kier alpha value is -1.09. The van der Waals surface area contributed by atoms with E-state index in [0.717, 1.165) is 16.8 Å². The van der Waals surface area contributed by atoms with E-state index in [9.17, 15) is 0 Å². The molecule has 3 heteroatoms. The number of rotatable bonds is 3. The van der Waals surface area contributed by atoms with Crippen LogP contribution < -0.4 is 4.74 Å². The quantitative estimate of drug-likeness (QED) is 0.766. The van der Waals surface area contributed by atoms with E-state index in [1.54, 1.807) is 0 Å². The number of aromatic nitrogens is 1. The fraction of sp³-hybridized carbons (Fsp3) is 0.500. The van der Waals surface area contributed by atoms with E-state index in [1.165, 1.54) is 0 Å². The fourth-order valence-corrected chi connectivity index (χ4v) is 1.11. The molecule has 1 aromatic heterocycles. The maximum atomic E-state index is 8.59. The van der Waals surface area contributed by atoms with Gasteiger partial charge in [0.25, 0.3) is 0 Å². The first-order chi connectivity index (χ1) is 6.15. The molecule has 0 saturated heterocycles. The lowest BCUT2D eigenvalue weighted by Crippen LogP contribution is -2.05. The van der Waals surface area contributed by atoms with Gasteiger partial charge in [0.1, 0.15) is 6.61 Å². The summed E-state index contributed by atoms with van der Waals surface area (Å²) in [6.45, 7) is 6.24. The topological polar surface area (TPSA) is 42.4 Å². The number of aryl methyl sites for hydroxylation is 3. The summed E-state index contributed by atoms with van der Waals surface area (Å²) in [7, 11) is 0. The van der Waals surface area contributed by atoms with E-state index in [1.807, 2.05) is 26.8 Å². The largest absolute Gasteiger partial charge is 0.475 e. The van der Waals surface area contributed by atoms with Crippen molar-refractivity contribution in [1.29, 1.82) is 0 Å². The highest BCUT2D eigenvalue weighted by Gasteiger charge is 2.03. The maximum absolute atomic E-state index is 8.59. The van der Waals surface area contributed by atoms with Crippen LogP contribution in [0.1, 0.15) is 16.8 Å². The van der Waals surface area contributed by atoms with E-state index in [0.29, 0.717) is 12.5 Å². The molecule has 0 aromatic carbocycles. The minimum atomic E-state index is 0.0219. The van der Waals surface area contributed by atoms with Gasteiger partial charge in [-0.15, -0.1) is 0 Å². The molecule has 3 nitrogen and oxygen atoms in total. The second kappa shape index (κ2) is 4.23. The van der Waals surface area contributed by atoms with E-state index in [-0.39, 0.29) is 6.61 Å². The zero-order valence-corrected chi connectivity index (χ0v) is 8.29. The second-order valence-corrected chi connectivity index (χ2v) is 3.08. The molecule has 0 unspecified atom stereocenters. The van der Waals surface area contributed by atoms with Crippen LogP contribution in [0.5, 0.6) is 5.88 Å². The van der Waals surface area contributed by atoms with E-state index >= 15 is 0 Å². The number of aliphatic hydroxyl groups excluding tert-OH is 1. The van der Waals surface area contributed by atoms with Crippen LogP contribution in [0.2, 0.25) is 0 Å². The Kier molecular flexibility index (Phi) is 3.25. The Morgan fingerprint density at radius 2 is 2.00 bits per heavy atom. The molecular formula is C10H15NO2. The summed E-state index contributed by atoms with van der Waals surface area (Å²) in [6, 6.07) is 2.04. The zero-order chi connectivity index (χ0) is 9.84. The van der Waals surface area contributed by atoms with Crippen LogP contribution >= 0.6 is 0 Å². The number of aliphatic hydroxyl groups is 1. The first kappa shape index (κ1) is 9.99. The molecule has 1 aromatic rings. The summed E-state index contributed by atoms with van der Waals surface area (Å²) >= 11 is 0. The van der Waals surface area contributed by atoms with Gasteiger partial charge in [-0.3, -0.25) is 0 Å². The molecule has 0 saturated carbocycles. The van der Waals surface area contributed by atoms with Gasteiger partial charge in [0, 0.05) is 11.3 Å². The smallest absolute Gasteiger partial charge is 0.216 e. The summed E-state index contributed by atoms with van der Waals surface area (Å²) in [5, 5.41) is 8.59. The average molecular weight is 181 g/mol. The van der Waals surface area contributed by atoms with Crippen molar-refractivity contribution < 1.29 is 9.84 Å². The van der Waals surface area contributed by atoms with Gasteiger partial charge in [-0.25, -0.2) is 4.98 Å². The van der Waals surface area contributed by atoms with E-state index in [4.69, 9.17) is 9.84 Å². The molecule has 1 N–H and O–H groups in total. The average Bonchev–Trinajstić information content (AvgIpc) is 2.09. The molecule has 0 spiro atoms. The third kappa shape index (κ3) is 2.42. The van der Waals surface area contributed by atoms with Gasteiger partial charge in [-0.2, -0.15) is 0 Å². The summed E-state index contributed by atoms with van der Waals surface area (Å²) < 4.78 is 5.26. The van der Waals surface area contributed by atoms with Crippen LogP contribution in [0.15, 0.2) is 6.07 Å². The number of hydrogen-bond acceptors (Lipinski definition) is 3. The molecule has 0 bridgehead atoms. The van der Waals surface area contributed by atoms with Crippen LogP contribution in [0.25, 0.3) is 0 Å². The molecule has 0 aliphatic carbocycles. The Morgan fingerprint density at radius 3 is 2.62 bits per heavy atom. The van der Waals surface area contributed by atoms with Crippen molar-refractivity contribution in [2.45, 2.75) is 20.8 Å². The SMILES string of the molecule is Cc1cc(C)c(OCCO)nc1C. The van der Waals surface area contributed by atoms with Gasteiger partial charge < -0.3 is 9.84 Å². The van der Waals surface area contributed by atoms with Crippen molar-refractivity contribution in [3.63, 3.8) is 0 Å². The number of pyridine rings is 1. The number of ether oxygens (including phenoxy) is 1. The molecule has 0 amide bonds. The third-order valence-corrected chi connectivity index (χ3v) is 1.94. The number of nitrogens with zero attached hydrogens (tertiary/aromatic N) is 1. The highest BCUT2D eigenvalue weighted by atomic mass is 16.5. The second-order valence-electron chi connectivity index (χ2n) is 3.08. The molecular weight excluding hydrogens is 166 g/mol. The minimum absolute atomic E-state index is 0.0219. The van der Waals surface area contributed by atoms with Gasteiger partial charge in [-0.05, 0) is 32.4 Å². The lowest BCUT2D eigenvalue weighted by Gasteiger charge is -2.08. The Morgan fingerprint density at radius 1 is 1.31 bits per heavy atom. The molecule has 1 heterocycles. The summed E-state index contributed by atoms with van der Waals surface area (Å²) in [6.07, 6.45) is 0. The van der Waals surface area contributed by atoms with Crippen LogP contribution in [0, 0.1) is 20.8 Å². The molecule has 0 aliphatic heterocycles. The first-order valence-corrected chi connectivity index (χ1v) is 4.33. The first-order valence-electron chi connectivity index (χ1n) is 4.33. The normalized spacial score (nSPS) is 10.2. The van der Waals surface area contributed by atoms with Crippen LogP contribution in [-0.4, -0.2) is 23.3 Å². The molecule has 1 rings (SSSR count). The third-order valence-electron chi connectivity index (χ3n) is 1.94. The Balaban J connectivity index is 2.88. The molecule has 0 radical (unpaired) electrons. The van der Waals surface area contributed by atoms with Crippen molar-refractivity contribution in [1.82, 2.24) is 4.98 Å². The van der Waals surface area contributed by atoms with Crippen molar-refractivity contribution in [2.75, 3.05) is 13.2 Å². The number of hydrogen-bond donors (Lipinski definition) is 1. The van der Waals surface area contributed by atoms with Gasteiger partial charge in [0.15, 0.2) is 0 Å². The summed E-state index contributed by atoms with van der Waals surface area (Å²) in [4.78, 5) is 4.28. The van der Waals surface area contributed by atoms with E-state index in [2.05, 4.69) is 4.98 Å². The standard InChI is InChI=1S/C10H15NO2/c1-7-6-8(2)10(11-9(7)3)13-5-4-12/h6,12H,4-5H2,1-3H3. The summed E-state index contributed by atoms with van der Waals surface area (Å²) in [5.41, 5.74) is 3.14. The monoisotopic (exact) mass is 181 g/mol. The van der Waals surface area contributed by atoms with Gasteiger partial charge in [0.05, 0.1) is 6.61 Å². The summed E-state index contributed by atoms with van der Waals surface area (Å²) in [5.74, 6) is 0.622. The Bertz CT molecular complexity index is 297. The van der Waals surface area contributed by atoms with Crippen LogP contribution in [-0.2, 0) is 0 Å². The van der Waals surface area contributed by atoms with Crippen LogP contribution in [0.3, 0.4) is 0 Å². The van der Waals surface area contributed by atoms with Crippen molar-refractivity contribution in [2.24, 2.45) is 0 Å². The fourth-order valence-electron chi connectivity index (χ4n) is 1.11. The highest BCUT2D eigenvalue weighted by Crippen LogP contribution is 2.17. The molecule has 0 atom stereocenters. The van der Waals surface area contributed by atoms with Gasteiger partial charge >= 0.3 is 0 Å². The van der Waals surface area contributed by atoms with Gasteiger partial charge in [-0.1, -0.05) is 0 Å². The van der Waals surface area contributed by atoms with Gasteiger partial charge in [0.2, 0.25) is 5.88 Å². The van der Waals surface area contributed by atoms with Crippen LogP contribution in [0.4, 0.5) is 0 Å².